The van der Waals surface area contributed by atoms with Crippen molar-refractivity contribution in [2.75, 3.05) is 6.54 Å². The fraction of sp³-hybridized carbons (Fsp3) is 0.800. The molecule has 2 N–H and O–H groups in total. The second-order valence-electron chi connectivity index (χ2n) is 4.37. The minimum Gasteiger partial charge on any atom is -0.330 e. The number of aromatic nitrogens is 3. The van der Waals surface area contributed by atoms with Crippen molar-refractivity contribution in [1.82, 2.24) is 15.0 Å². The summed E-state index contributed by atoms with van der Waals surface area (Å²) in [5.74, 6) is 0.611. The molecule has 0 saturated carbocycles. The molecule has 2 rings (SSSR count). The van der Waals surface area contributed by atoms with Gasteiger partial charge >= 0.3 is 0 Å². The van der Waals surface area contributed by atoms with Gasteiger partial charge in [0, 0.05) is 6.04 Å². The highest BCUT2D eigenvalue weighted by molar-refractivity contribution is 5.15. The van der Waals surface area contributed by atoms with E-state index in [1.54, 1.807) is 0 Å². The highest BCUT2D eigenvalue weighted by Crippen LogP contribution is 2.24. The van der Waals surface area contributed by atoms with E-state index in [0.717, 1.165) is 19.4 Å². The lowest BCUT2D eigenvalue weighted by Gasteiger charge is -2.20. The fourth-order valence-corrected chi connectivity index (χ4v) is 2.10. The standard InChI is InChI=1S/C10H18N4/c1-7(2)14-10-4-3-8(6-11)5-9(10)12-13-14/h7-8H,3-6,11H2,1-2H3. The topological polar surface area (TPSA) is 56.7 Å². The molecule has 0 aromatic carbocycles. The molecule has 1 aromatic rings. The van der Waals surface area contributed by atoms with Crippen molar-refractivity contribution in [3.05, 3.63) is 11.4 Å². The predicted molar refractivity (Wildman–Crippen MR) is 55.0 cm³/mol. The zero-order valence-corrected chi connectivity index (χ0v) is 8.90. The lowest BCUT2D eigenvalue weighted by molar-refractivity contribution is 0.436. The smallest absolute Gasteiger partial charge is 0.0862 e. The van der Waals surface area contributed by atoms with Gasteiger partial charge in [-0.3, -0.25) is 0 Å². The molecule has 0 spiro atoms. The zero-order valence-electron chi connectivity index (χ0n) is 8.90. The van der Waals surface area contributed by atoms with Gasteiger partial charge in [0.2, 0.25) is 0 Å². The summed E-state index contributed by atoms with van der Waals surface area (Å²) in [6.45, 7) is 5.06. The summed E-state index contributed by atoms with van der Waals surface area (Å²) in [6.07, 6.45) is 3.28. The van der Waals surface area contributed by atoms with E-state index in [9.17, 15) is 0 Å². The molecule has 0 fully saturated rings. The lowest BCUT2D eigenvalue weighted by Crippen LogP contribution is -2.23. The highest BCUT2D eigenvalue weighted by atomic mass is 15.4. The first-order chi connectivity index (χ1) is 6.72. The quantitative estimate of drug-likeness (QED) is 0.761. The molecule has 1 atom stereocenters. The third-order valence-corrected chi connectivity index (χ3v) is 2.97. The summed E-state index contributed by atoms with van der Waals surface area (Å²) < 4.78 is 2.04. The van der Waals surface area contributed by atoms with Crippen LogP contribution in [0.1, 0.15) is 37.7 Å². The summed E-state index contributed by atoms with van der Waals surface area (Å²) in [5, 5.41) is 8.43. The van der Waals surface area contributed by atoms with Crippen molar-refractivity contribution < 1.29 is 0 Å². The zero-order chi connectivity index (χ0) is 10.1. The molecule has 0 aliphatic heterocycles. The van der Waals surface area contributed by atoms with Gasteiger partial charge in [-0.2, -0.15) is 0 Å². The van der Waals surface area contributed by atoms with E-state index in [2.05, 4.69) is 24.2 Å². The molecule has 14 heavy (non-hydrogen) atoms. The van der Waals surface area contributed by atoms with Crippen LogP contribution >= 0.6 is 0 Å². The predicted octanol–water partition coefficient (Wildman–Crippen LogP) is 0.923. The molecule has 0 radical (unpaired) electrons. The van der Waals surface area contributed by atoms with Gasteiger partial charge in [-0.05, 0) is 45.6 Å². The second-order valence-corrected chi connectivity index (χ2v) is 4.37. The summed E-state index contributed by atoms with van der Waals surface area (Å²) in [4.78, 5) is 0. The number of rotatable bonds is 2. The molecular weight excluding hydrogens is 176 g/mol. The van der Waals surface area contributed by atoms with Crippen LogP contribution in [0, 0.1) is 5.92 Å². The minimum atomic E-state index is 0.417. The molecule has 0 bridgehead atoms. The molecule has 1 unspecified atom stereocenters. The molecule has 0 amide bonds. The van der Waals surface area contributed by atoms with Crippen molar-refractivity contribution in [2.45, 2.75) is 39.2 Å². The van der Waals surface area contributed by atoms with Crippen LogP contribution < -0.4 is 5.73 Å². The van der Waals surface area contributed by atoms with Gasteiger partial charge in [0.05, 0.1) is 11.4 Å². The first-order valence-corrected chi connectivity index (χ1v) is 5.35. The molecule has 1 heterocycles. The molecule has 4 nitrogen and oxygen atoms in total. The van der Waals surface area contributed by atoms with Gasteiger partial charge in [0.25, 0.3) is 0 Å². The van der Waals surface area contributed by atoms with E-state index in [4.69, 9.17) is 5.73 Å². The van der Waals surface area contributed by atoms with Crippen LogP contribution in [0.2, 0.25) is 0 Å². The monoisotopic (exact) mass is 194 g/mol. The Kier molecular flexibility index (Phi) is 2.54. The Hall–Kier alpha value is -0.900. The van der Waals surface area contributed by atoms with Gasteiger partial charge in [0.15, 0.2) is 0 Å². The van der Waals surface area contributed by atoms with Crippen molar-refractivity contribution >= 4 is 0 Å². The van der Waals surface area contributed by atoms with E-state index < -0.39 is 0 Å². The van der Waals surface area contributed by atoms with Crippen LogP contribution in [-0.2, 0) is 12.8 Å². The van der Waals surface area contributed by atoms with Crippen molar-refractivity contribution in [3.8, 4) is 0 Å². The van der Waals surface area contributed by atoms with Crippen LogP contribution in [0.5, 0.6) is 0 Å². The third-order valence-electron chi connectivity index (χ3n) is 2.97. The normalized spacial score (nSPS) is 21.3. The largest absolute Gasteiger partial charge is 0.330 e. The molecule has 1 aliphatic carbocycles. The van der Waals surface area contributed by atoms with Crippen LogP contribution in [0.15, 0.2) is 0 Å². The van der Waals surface area contributed by atoms with Gasteiger partial charge in [-0.1, -0.05) is 5.21 Å². The Bertz CT molecular complexity index is 316. The maximum atomic E-state index is 5.67. The van der Waals surface area contributed by atoms with Gasteiger partial charge in [0.1, 0.15) is 0 Å². The first kappa shape index (κ1) is 9.65. The maximum Gasteiger partial charge on any atom is 0.0862 e. The van der Waals surface area contributed by atoms with E-state index >= 15 is 0 Å². The van der Waals surface area contributed by atoms with E-state index in [-0.39, 0.29) is 0 Å². The Morgan fingerprint density at radius 1 is 1.57 bits per heavy atom. The highest BCUT2D eigenvalue weighted by Gasteiger charge is 2.23. The van der Waals surface area contributed by atoms with Gasteiger partial charge in [-0.15, -0.1) is 5.10 Å². The van der Waals surface area contributed by atoms with Crippen molar-refractivity contribution in [2.24, 2.45) is 11.7 Å². The Labute approximate surface area is 84.5 Å². The van der Waals surface area contributed by atoms with Crippen LogP contribution in [0.25, 0.3) is 0 Å². The molecular formula is C10H18N4. The van der Waals surface area contributed by atoms with Crippen LogP contribution in [0.4, 0.5) is 0 Å². The van der Waals surface area contributed by atoms with E-state index in [1.165, 1.54) is 17.8 Å². The number of hydrogen-bond acceptors (Lipinski definition) is 3. The Balaban J connectivity index is 2.25. The fourth-order valence-electron chi connectivity index (χ4n) is 2.10. The number of nitrogens with zero attached hydrogens (tertiary/aromatic N) is 3. The van der Waals surface area contributed by atoms with E-state index in [0.29, 0.717) is 12.0 Å². The van der Waals surface area contributed by atoms with Crippen molar-refractivity contribution in [1.29, 1.82) is 0 Å². The summed E-state index contributed by atoms with van der Waals surface area (Å²) in [6, 6.07) is 0.417. The maximum absolute atomic E-state index is 5.67. The van der Waals surface area contributed by atoms with Crippen molar-refractivity contribution in [3.63, 3.8) is 0 Å². The number of nitrogens with two attached hydrogens (primary N) is 1. The number of hydrogen-bond donors (Lipinski definition) is 1. The van der Waals surface area contributed by atoms with Gasteiger partial charge < -0.3 is 5.73 Å². The van der Waals surface area contributed by atoms with Crippen LogP contribution in [0.3, 0.4) is 0 Å². The average Bonchev–Trinajstić information content (AvgIpc) is 2.59. The summed E-state index contributed by atoms with van der Waals surface area (Å²) in [5.41, 5.74) is 8.16. The lowest BCUT2D eigenvalue weighted by atomic mass is 9.90. The van der Waals surface area contributed by atoms with E-state index in [1.807, 2.05) is 4.68 Å². The third kappa shape index (κ3) is 1.54. The second kappa shape index (κ2) is 3.69. The summed E-state index contributed by atoms with van der Waals surface area (Å²) >= 11 is 0. The molecule has 4 heteroatoms. The van der Waals surface area contributed by atoms with Crippen LogP contribution in [-0.4, -0.2) is 21.5 Å². The Morgan fingerprint density at radius 2 is 2.36 bits per heavy atom. The van der Waals surface area contributed by atoms with Gasteiger partial charge in [-0.25, -0.2) is 4.68 Å². The molecule has 78 valence electrons. The first-order valence-electron chi connectivity index (χ1n) is 5.35. The minimum absolute atomic E-state index is 0.417. The Morgan fingerprint density at radius 3 is 3.00 bits per heavy atom. The average molecular weight is 194 g/mol. The summed E-state index contributed by atoms with van der Waals surface area (Å²) in [7, 11) is 0. The molecule has 0 saturated heterocycles. The molecule has 1 aliphatic rings. The SMILES string of the molecule is CC(C)n1nnc2c1CCC(CN)C2. The number of fused-ring (bicyclic) bond motifs is 1. The molecule has 1 aromatic heterocycles.